The van der Waals surface area contributed by atoms with Gasteiger partial charge in [0.05, 0.1) is 6.04 Å². The summed E-state index contributed by atoms with van der Waals surface area (Å²) >= 11 is 0. The second-order valence-corrected chi connectivity index (χ2v) is 6.62. The van der Waals surface area contributed by atoms with Crippen molar-refractivity contribution < 1.29 is 4.39 Å². The number of pyridine rings is 1. The Bertz CT molecular complexity index is 898. The van der Waals surface area contributed by atoms with Gasteiger partial charge >= 0.3 is 0 Å². The molecule has 0 radical (unpaired) electrons. The molecule has 1 fully saturated rings. The minimum atomic E-state index is -0.273. The van der Waals surface area contributed by atoms with Gasteiger partial charge in [0.25, 0.3) is 0 Å². The lowest BCUT2D eigenvalue weighted by atomic mass is 10.0. The van der Waals surface area contributed by atoms with Crippen molar-refractivity contribution in [3.05, 3.63) is 47.7 Å². The lowest BCUT2D eigenvalue weighted by Gasteiger charge is -2.32. The number of anilines is 1. The van der Waals surface area contributed by atoms with E-state index >= 15 is 0 Å². The fraction of sp³-hybridized carbons (Fsp3) is 0.389. The van der Waals surface area contributed by atoms with Crippen molar-refractivity contribution in [2.45, 2.75) is 32.4 Å². The van der Waals surface area contributed by atoms with Crippen molar-refractivity contribution >= 4 is 16.9 Å². The number of piperidine rings is 1. The molecule has 0 unspecified atom stereocenters. The van der Waals surface area contributed by atoms with E-state index in [1.165, 1.54) is 6.07 Å². The molecule has 25 heavy (non-hydrogen) atoms. The monoisotopic (exact) mass is 340 g/mol. The summed E-state index contributed by atoms with van der Waals surface area (Å²) in [6.07, 6.45) is 3.75. The fourth-order valence-corrected chi connectivity index (χ4v) is 3.55. The molecule has 3 heterocycles. The number of nitrogens with zero attached hydrogens (tertiary/aromatic N) is 5. The maximum Gasteiger partial charge on any atom is 0.218 e. The highest BCUT2D eigenvalue weighted by molar-refractivity contribution is 5.79. The van der Waals surface area contributed by atoms with E-state index in [2.05, 4.69) is 20.0 Å². The van der Waals surface area contributed by atoms with E-state index in [9.17, 15) is 4.39 Å². The van der Waals surface area contributed by atoms with Gasteiger partial charge in [0, 0.05) is 31.2 Å². The summed E-state index contributed by atoms with van der Waals surface area (Å²) in [5, 5.41) is 5.25. The first-order valence-corrected chi connectivity index (χ1v) is 8.54. The minimum absolute atomic E-state index is 0.273. The first-order chi connectivity index (χ1) is 12.1. The molecule has 0 aliphatic carbocycles. The van der Waals surface area contributed by atoms with E-state index in [0.29, 0.717) is 17.5 Å². The summed E-state index contributed by atoms with van der Waals surface area (Å²) in [6, 6.07) is 7.39. The van der Waals surface area contributed by atoms with Crippen LogP contribution in [0.3, 0.4) is 0 Å². The van der Waals surface area contributed by atoms with Gasteiger partial charge in [-0.2, -0.15) is 10.1 Å². The van der Waals surface area contributed by atoms with Gasteiger partial charge in [-0.15, -0.1) is 0 Å². The number of rotatable bonds is 3. The Morgan fingerprint density at radius 3 is 2.80 bits per heavy atom. The summed E-state index contributed by atoms with van der Waals surface area (Å²) in [4.78, 5) is 10.9. The number of hydrogen-bond donors (Lipinski definition) is 1. The second kappa shape index (κ2) is 6.40. The molecular weight excluding hydrogens is 319 g/mol. The molecular formula is C18H21FN6. The van der Waals surface area contributed by atoms with E-state index in [-0.39, 0.29) is 5.82 Å². The van der Waals surface area contributed by atoms with Crippen molar-refractivity contribution in [2.75, 3.05) is 18.8 Å². The van der Waals surface area contributed by atoms with Gasteiger partial charge < -0.3 is 5.73 Å². The smallest absolute Gasteiger partial charge is 0.218 e. The molecule has 7 heteroatoms. The normalized spacial score (nSPS) is 16.6. The predicted octanol–water partition coefficient (Wildman–Crippen LogP) is 2.69. The van der Waals surface area contributed by atoms with E-state index < -0.39 is 0 Å². The molecule has 0 atom stereocenters. The molecule has 2 N–H and O–H groups in total. The first kappa shape index (κ1) is 16.0. The number of nitrogen functional groups attached to an aromatic ring is 1. The van der Waals surface area contributed by atoms with Crippen molar-refractivity contribution in [3.63, 3.8) is 0 Å². The number of aromatic nitrogens is 4. The zero-order valence-electron chi connectivity index (χ0n) is 14.2. The van der Waals surface area contributed by atoms with Crippen LogP contribution in [0.5, 0.6) is 0 Å². The highest BCUT2D eigenvalue weighted by atomic mass is 19.1. The van der Waals surface area contributed by atoms with Crippen LogP contribution in [0, 0.1) is 12.7 Å². The van der Waals surface area contributed by atoms with Crippen LogP contribution in [0.2, 0.25) is 0 Å². The topological polar surface area (TPSA) is 72.9 Å². The maximum absolute atomic E-state index is 13.7. The van der Waals surface area contributed by atoms with Crippen LogP contribution in [-0.4, -0.2) is 37.7 Å². The maximum atomic E-state index is 13.7. The molecule has 0 spiro atoms. The standard InChI is InChI=1S/C18H21FN6/c1-12-22-18(20)25(23-12)15-5-7-24(8-6-15)11-13-9-14-3-2-4-16(19)17(14)21-10-13/h2-4,9-10,15H,5-8,11H2,1H3,(H2,20,22,23). The van der Waals surface area contributed by atoms with Crippen molar-refractivity contribution in [1.82, 2.24) is 24.6 Å². The minimum Gasteiger partial charge on any atom is -0.368 e. The Morgan fingerprint density at radius 1 is 1.28 bits per heavy atom. The number of halogens is 1. The summed E-state index contributed by atoms with van der Waals surface area (Å²) in [5.74, 6) is 0.941. The van der Waals surface area contributed by atoms with Gasteiger partial charge in [0.15, 0.2) is 0 Å². The third-order valence-corrected chi connectivity index (χ3v) is 4.79. The predicted molar refractivity (Wildman–Crippen MR) is 94.4 cm³/mol. The summed E-state index contributed by atoms with van der Waals surface area (Å²) in [6.45, 7) is 4.60. The van der Waals surface area contributed by atoms with Gasteiger partial charge in [-0.25, -0.2) is 9.07 Å². The molecule has 0 amide bonds. The quantitative estimate of drug-likeness (QED) is 0.793. The SMILES string of the molecule is Cc1nc(N)n(C2CCN(Cc3cnc4c(F)cccc4c3)CC2)n1. The molecule has 1 saturated heterocycles. The lowest BCUT2D eigenvalue weighted by molar-refractivity contribution is 0.174. The van der Waals surface area contributed by atoms with Crippen LogP contribution in [-0.2, 0) is 6.54 Å². The number of fused-ring (bicyclic) bond motifs is 1. The Morgan fingerprint density at radius 2 is 2.08 bits per heavy atom. The van der Waals surface area contributed by atoms with Crippen molar-refractivity contribution in [3.8, 4) is 0 Å². The van der Waals surface area contributed by atoms with E-state index in [4.69, 9.17) is 5.73 Å². The highest BCUT2D eigenvalue weighted by Gasteiger charge is 2.23. The van der Waals surface area contributed by atoms with Gasteiger partial charge in [0.1, 0.15) is 17.2 Å². The molecule has 0 bridgehead atoms. The molecule has 2 aromatic heterocycles. The van der Waals surface area contributed by atoms with Crippen LogP contribution < -0.4 is 5.73 Å². The van der Waals surface area contributed by atoms with Gasteiger partial charge in [-0.1, -0.05) is 12.1 Å². The number of benzene rings is 1. The molecule has 1 aliphatic rings. The van der Waals surface area contributed by atoms with Crippen LogP contribution in [0.1, 0.15) is 30.3 Å². The van der Waals surface area contributed by atoms with E-state index in [0.717, 1.165) is 49.2 Å². The largest absolute Gasteiger partial charge is 0.368 e. The third-order valence-electron chi connectivity index (χ3n) is 4.79. The Kier molecular flexibility index (Phi) is 4.09. The van der Waals surface area contributed by atoms with Gasteiger partial charge in [-0.05, 0) is 37.5 Å². The van der Waals surface area contributed by atoms with Crippen LogP contribution in [0.25, 0.3) is 10.9 Å². The average Bonchev–Trinajstić information content (AvgIpc) is 2.94. The number of nitrogens with two attached hydrogens (primary N) is 1. The molecule has 4 rings (SSSR count). The van der Waals surface area contributed by atoms with Gasteiger partial charge in [-0.3, -0.25) is 9.88 Å². The number of hydrogen-bond acceptors (Lipinski definition) is 5. The Hall–Kier alpha value is -2.54. The first-order valence-electron chi connectivity index (χ1n) is 8.54. The molecule has 1 aromatic carbocycles. The Labute approximate surface area is 145 Å². The lowest BCUT2D eigenvalue weighted by Crippen LogP contribution is -2.34. The molecule has 3 aromatic rings. The molecule has 130 valence electrons. The zero-order valence-corrected chi connectivity index (χ0v) is 14.2. The number of likely N-dealkylation sites (tertiary alicyclic amines) is 1. The number of aryl methyl sites for hydroxylation is 1. The third kappa shape index (κ3) is 3.19. The zero-order chi connectivity index (χ0) is 17.4. The van der Waals surface area contributed by atoms with Crippen LogP contribution in [0.4, 0.5) is 10.3 Å². The Balaban J connectivity index is 1.42. The summed E-state index contributed by atoms with van der Waals surface area (Å²) < 4.78 is 15.6. The number of para-hydroxylation sites is 1. The van der Waals surface area contributed by atoms with Crippen LogP contribution >= 0.6 is 0 Å². The molecule has 1 aliphatic heterocycles. The fourth-order valence-electron chi connectivity index (χ4n) is 3.55. The summed E-state index contributed by atoms with van der Waals surface area (Å²) in [5.41, 5.74) is 7.47. The van der Waals surface area contributed by atoms with E-state index in [1.807, 2.05) is 23.7 Å². The van der Waals surface area contributed by atoms with Gasteiger partial charge in [0.2, 0.25) is 5.95 Å². The molecule has 0 saturated carbocycles. The second-order valence-electron chi connectivity index (χ2n) is 6.62. The van der Waals surface area contributed by atoms with Crippen molar-refractivity contribution in [1.29, 1.82) is 0 Å². The van der Waals surface area contributed by atoms with Crippen LogP contribution in [0.15, 0.2) is 30.5 Å². The van der Waals surface area contributed by atoms with E-state index in [1.54, 1.807) is 12.3 Å². The summed E-state index contributed by atoms with van der Waals surface area (Å²) in [7, 11) is 0. The van der Waals surface area contributed by atoms with Crippen molar-refractivity contribution in [2.24, 2.45) is 0 Å². The average molecular weight is 340 g/mol. The molecule has 6 nitrogen and oxygen atoms in total. The highest BCUT2D eigenvalue weighted by Crippen LogP contribution is 2.25.